The summed E-state index contributed by atoms with van der Waals surface area (Å²) in [6, 6.07) is 9.43. The predicted molar refractivity (Wildman–Crippen MR) is 119 cm³/mol. The molecule has 0 amide bonds. The molecule has 33 heavy (non-hydrogen) atoms. The van der Waals surface area contributed by atoms with Crippen LogP contribution in [0.15, 0.2) is 42.5 Å². The molecule has 0 aromatic heterocycles. The number of hydrogen-bond acceptors (Lipinski definition) is 2. The molecular weight excluding hydrogens is 432 g/mol. The molecule has 0 unspecified atom stereocenters. The largest absolute Gasteiger partial charge is 0.352 e. The maximum atomic E-state index is 14.6. The van der Waals surface area contributed by atoms with Crippen LogP contribution in [0.4, 0.5) is 17.6 Å². The van der Waals surface area contributed by atoms with Gasteiger partial charge in [-0.15, -0.1) is 0 Å². The van der Waals surface area contributed by atoms with Gasteiger partial charge in [-0.05, 0) is 54.1 Å². The highest BCUT2D eigenvalue weighted by Crippen LogP contribution is 2.23. The number of hydrogen-bond donors (Lipinski definition) is 0. The molecule has 1 heterocycles. The predicted octanol–water partition coefficient (Wildman–Crippen LogP) is 6.52. The summed E-state index contributed by atoms with van der Waals surface area (Å²) in [6.07, 6.45) is 2.69. The molecule has 1 aliphatic rings. The molecule has 3 aromatic rings. The zero-order valence-electron chi connectivity index (χ0n) is 18.3. The topological polar surface area (TPSA) is 18.5 Å². The number of fused-ring (bicyclic) bond motifs is 1. The van der Waals surface area contributed by atoms with E-state index >= 15 is 0 Å². The minimum Gasteiger partial charge on any atom is -0.352 e. The van der Waals surface area contributed by atoms with Gasteiger partial charge in [0, 0.05) is 23.3 Å². The highest BCUT2D eigenvalue weighted by molar-refractivity contribution is 5.84. The molecule has 1 aliphatic heterocycles. The highest BCUT2D eigenvalue weighted by atomic mass is 19.2. The third kappa shape index (κ3) is 5.55. The lowest BCUT2D eigenvalue weighted by atomic mass is 10.0. The molecule has 0 bridgehead atoms. The van der Waals surface area contributed by atoms with E-state index in [-0.39, 0.29) is 17.2 Å². The van der Waals surface area contributed by atoms with Crippen LogP contribution in [-0.4, -0.2) is 19.5 Å². The summed E-state index contributed by atoms with van der Waals surface area (Å²) >= 11 is 0. The van der Waals surface area contributed by atoms with Crippen molar-refractivity contribution in [1.82, 2.24) is 0 Å². The van der Waals surface area contributed by atoms with Crippen molar-refractivity contribution in [3.8, 4) is 11.8 Å². The molecule has 0 aliphatic carbocycles. The second-order valence-electron chi connectivity index (χ2n) is 8.27. The van der Waals surface area contributed by atoms with Gasteiger partial charge in [0.25, 0.3) is 0 Å². The van der Waals surface area contributed by atoms with Crippen molar-refractivity contribution in [2.45, 2.75) is 38.9 Å². The Hall–Kier alpha value is -2.88. The van der Waals surface area contributed by atoms with Gasteiger partial charge in [-0.1, -0.05) is 37.3 Å². The van der Waals surface area contributed by atoms with Crippen molar-refractivity contribution < 1.29 is 27.0 Å². The fraction of sp³-hybridized carbons (Fsp3) is 0.333. The molecule has 0 spiro atoms. The van der Waals surface area contributed by atoms with Crippen LogP contribution in [0.25, 0.3) is 10.8 Å². The van der Waals surface area contributed by atoms with Crippen molar-refractivity contribution in [2.75, 3.05) is 13.2 Å². The molecule has 2 nitrogen and oxygen atoms in total. The lowest BCUT2D eigenvalue weighted by Gasteiger charge is -2.29. The van der Waals surface area contributed by atoms with Crippen LogP contribution in [0.1, 0.15) is 42.9 Å². The molecule has 0 radical (unpaired) electrons. The van der Waals surface area contributed by atoms with Crippen LogP contribution in [0.2, 0.25) is 0 Å². The average Bonchev–Trinajstić information content (AvgIpc) is 2.81. The minimum absolute atomic E-state index is 0.120. The van der Waals surface area contributed by atoms with Crippen molar-refractivity contribution in [3.05, 3.63) is 82.4 Å². The Kier molecular flexibility index (Phi) is 7.32. The van der Waals surface area contributed by atoms with Gasteiger partial charge >= 0.3 is 0 Å². The molecule has 3 aromatic carbocycles. The first-order valence-corrected chi connectivity index (χ1v) is 11.1. The van der Waals surface area contributed by atoms with Crippen molar-refractivity contribution in [3.63, 3.8) is 0 Å². The van der Waals surface area contributed by atoms with Crippen LogP contribution >= 0.6 is 0 Å². The third-order valence-electron chi connectivity index (χ3n) is 5.74. The fourth-order valence-corrected chi connectivity index (χ4v) is 3.98. The quantitative estimate of drug-likeness (QED) is 0.322. The number of rotatable bonds is 5. The van der Waals surface area contributed by atoms with Crippen LogP contribution in [-0.2, 0) is 15.9 Å². The van der Waals surface area contributed by atoms with Crippen molar-refractivity contribution in [1.29, 1.82) is 0 Å². The Labute approximate surface area is 190 Å². The fourth-order valence-electron chi connectivity index (χ4n) is 3.98. The first-order valence-electron chi connectivity index (χ1n) is 11.1. The number of benzene rings is 3. The monoisotopic (exact) mass is 456 g/mol. The summed E-state index contributed by atoms with van der Waals surface area (Å²) in [7, 11) is 0. The summed E-state index contributed by atoms with van der Waals surface area (Å²) in [5.41, 5.74) is 0.600. The van der Waals surface area contributed by atoms with E-state index in [4.69, 9.17) is 9.47 Å². The maximum absolute atomic E-state index is 14.6. The molecule has 0 N–H and O–H groups in total. The normalized spacial score (nSPS) is 18.2. The van der Waals surface area contributed by atoms with E-state index in [2.05, 4.69) is 18.8 Å². The number of halogens is 4. The third-order valence-corrected chi connectivity index (χ3v) is 5.74. The minimum atomic E-state index is -0.940. The lowest BCUT2D eigenvalue weighted by molar-refractivity contribution is -0.203. The van der Waals surface area contributed by atoms with Crippen LogP contribution in [0, 0.1) is 41.0 Å². The molecule has 6 heteroatoms. The Morgan fingerprint density at radius 1 is 0.848 bits per heavy atom. The standard InChI is InChI=1S/C27H24F4O2/c1-2-3-19-15-32-26(33-16-19)11-6-18-13-24(29)22(25(30)14-18)9-5-17-4-8-21-20(12-17)7-10-23(28)27(21)31/h4,7-8,10,12-14,19,26H,2-3,6,11,15-16H2,1H3. The van der Waals surface area contributed by atoms with E-state index in [9.17, 15) is 17.6 Å². The van der Waals surface area contributed by atoms with Gasteiger partial charge in [-0.25, -0.2) is 17.6 Å². The second-order valence-corrected chi connectivity index (χ2v) is 8.27. The van der Waals surface area contributed by atoms with E-state index in [1.165, 1.54) is 30.3 Å². The smallest absolute Gasteiger partial charge is 0.166 e. The van der Waals surface area contributed by atoms with Crippen LogP contribution in [0.3, 0.4) is 0 Å². The Morgan fingerprint density at radius 2 is 1.58 bits per heavy atom. The number of ether oxygens (including phenoxy) is 2. The van der Waals surface area contributed by atoms with Crippen LogP contribution in [0.5, 0.6) is 0 Å². The van der Waals surface area contributed by atoms with Crippen molar-refractivity contribution >= 4 is 10.8 Å². The van der Waals surface area contributed by atoms with E-state index < -0.39 is 23.3 Å². The van der Waals surface area contributed by atoms with Gasteiger partial charge in [0.05, 0.1) is 18.8 Å². The molecule has 4 rings (SSSR count). The molecule has 0 saturated carbocycles. The zero-order valence-corrected chi connectivity index (χ0v) is 18.3. The second kappa shape index (κ2) is 10.4. The summed E-state index contributed by atoms with van der Waals surface area (Å²) in [5, 5.41) is 0.569. The van der Waals surface area contributed by atoms with Gasteiger partial charge in [0.1, 0.15) is 11.6 Å². The maximum Gasteiger partial charge on any atom is 0.166 e. The van der Waals surface area contributed by atoms with E-state index in [1.807, 2.05) is 0 Å². The SMILES string of the molecule is CCCC1COC(CCc2cc(F)c(C#Cc3ccc4c(F)c(F)ccc4c3)c(F)c2)OC1. The number of aryl methyl sites for hydroxylation is 1. The summed E-state index contributed by atoms with van der Waals surface area (Å²) in [5.74, 6) is 2.25. The highest BCUT2D eigenvalue weighted by Gasteiger charge is 2.21. The molecule has 1 fully saturated rings. The van der Waals surface area contributed by atoms with Gasteiger partial charge in [0.15, 0.2) is 17.9 Å². The van der Waals surface area contributed by atoms with Gasteiger partial charge in [-0.3, -0.25) is 0 Å². The zero-order chi connectivity index (χ0) is 23.4. The summed E-state index contributed by atoms with van der Waals surface area (Å²) < 4.78 is 67.7. The van der Waals surface area contributed by atoms with Gasteiger partial charge in [-0.2, -0.15) is 0 Å². The molecular formula is C27H24F4O2. The molecule has 172 valence electrons. The Bertz CT molecular complexity index is 1180. The lowest BCUT2D eigenvalue weighted by Crippen LogP contribution is -2.32. The first kappa shape index (κ1) is 23.3. The average molecular weight is 456 g/mol. The summed E-state index contributed by atoms with van der Waals surface area (Å²) in [6.45, 7) is 3.41. The first-order chi connectivity index (χ1) is 15.9. The van der Waals surface area contributed by atoms with E-state index in [0.717, 1.165) is 18.9 Å². The van der Waals surface area contributed by atoms with Gasteiger partial charge < -0.3 is 9.47 Å². The molecule has 0 atom stereocenters. The van der Waals surface area contributed by atoms with Crippen molar-refractivity contribution in [2.24, 2.45) is 5.92 Å². The van der Waals surface area contributed by atoms with E-state index in [1.54, 1.807) is 6.07 Å². The Balaban J connectivity index is 1.44. The van der Waals surface area contributed by atoms with Gasteiger partial charge in [0.2, 0.25) is 0 Å². The summed E-state index contributed by atoms with van der Waals surface area (Å²) in [4.78, 5) is 0. The Morgan fingerprint density at radius 3 is 2.27 bits per heavy atom. The molecule has 1 saturated heterocycles. The van der Waals surface area contributed by atoms with E-state index in [0.29, 0.717) is 48.5 Å². The van der Waals surface area contributed by atoms with Crippen LogP contribution < -0.4 is 0 Å².